The Bertz CT molecular complexity index is 103. The van der Waals surface area contributed by atoms with Crippen LogP contribution in [0.25, 0.3) is 0 Å². The summed E-state index contributed by atoms with van der Waals surface area (Å²) in [5, 5.41) is 0. The molecule has 0 aromatic carbocycles. The average molecular weight is 226 g/mol. The van der Waals surface area contributed by atoms with E-state index in [9.17, 15) is 0 Å². The first-order chi connectivity index (χ1) is 6.27. The first-order valence-electron chi connectivity index (χ1n) is 4.75. The molecule has 0 aromatic heterocycles. The van der Waals surface area contributed by atoms with Crippen LogP contribution in [0.15, 0.2) is 0 Å². The summed E-state index contributed by atoms with van der Waals surface area (Å²) in [5.41, 5.74) is 0. The molecule has 0 aliphatic heterocycles. The highest BCUT2D eigenvalue weighted by atomic mass is 32.2. The van der Waals surface area contributed by atoms with Crippen LogP contribution in [0.1, 0.15) is 45.4 Å². The van der Waals surface area contributed by atoms with Gasteiger partial charge in [0.05, 0.1) is 0 Å². The van der Waals surface area contributed by atoms with E-state index < -0.39 is 8.60 Å². The molecule has 0 rings (SSSR count). The second kappa shape index (κ2) is 10.7. The highest BCUT2D eigenvalue weighted by Crippen LogP contribution is 2.31. The van der Waals surface area contributed by atoms with Crippen LogP contribution < -0.4 is 0 Å². The Balaban J connectivity index is 2.84. The predicted molar refractivity (Wildman–Crippen MR) is 58.3 cm³/mol. The maximum absolute atomic E-state index is 8.40. The molecule has 0 saturated heterocycles. The van der Waals surface area contributed by atoms with Gasteiger partial charge in [-0.15, -0.1) is 0 Å². The molecule has 80 valence electrons. The van der Waals surface area contributed by atoms with Crippen molar-refractivity contribution in [2.75, 3.05) is 5.75 Å². The summed E-state index contributed by atoms with van der Waals surface area (Å²) in [5.74, 6) is 0.853. The van der Waals surface area contributed by atoms with Gasteiger partial charge >= 0.3 is 8.60 Å². The molecule has 0 amide bonds. The molecule has 0 spiro atoms. The molecule has 0 fully saturated rings. The molecule has 2 N–H and O–H groups in total. The van der Waals surface area contributed by atoms with Gasteiger partial charge in [-0.1, -0.05) is 39.0 Å². The number of hydrogen-bond donors (Lipinski definition) is 2. The van der Waals surface area contributed by atoms with Gasteiger partial charge in [0, 0.05) is 17.8 Å². The van der Waals surface area contributed by atoms with Gasteiger partial charge in [-0.25, -0.2) is 3.97 Å². The molecule has 5 heteroatoms. The van der Waals surface area contributed by atoms with Crippen molar-refractivity contribution < 1.29 is 13.8 Å². The molecule has 0 heterocycles. The Kier molecular flexibility index (Phi) is 11.3. The van der Waals surface area contributed by atoms with Crippen LogP contribution in [0, 0.1) is 0 Å². The minimum atomic E-state index is -2.17. The topological polar surface area (TPSA) is 49.7 Å². The van der Waals surface area contributed by atoms with E-state index in [1.165, 1.54) is 32.1 Å². The normalized spacial score (nSPS) is 11.1. The highest BCUT2D eigenvalue weighted by Gasteiger charge is 1.98. The number of hydrogen-bond acceptors (Lipinski definition) is 4. The SMILES string of the molecule is CCCCCCCCSOP(O)O. The van der Waals surface area contributed by atoms with Crippen molar-refractivity contribution in [3.8, 4) is 0 Å². The molecule has 0 bridgehead atoms. The third-order valence-corrected chi connectivity index (χ3v) is 3.11. The summed E-state index contributed by atoms with van der Waals surface area (Å²) in [7, 11) is -2.17. The lowest BCUT2D eigenvalue weighted by Crippen LogP contribution is -1.82. The number of unbranched alkanes of at least 4 members (excludes halogenated alkanes) is 5. The zero-order valence-corrected chi connectivity index (χ0v) is 9.82. The van der Waals surface area contributed by atoms with Crippen molar-refractivity contribution in [1.82, 2.24) is 0 Å². The molecule has 0 atom stereocenters. The van der Waals surface area contributed by atoms with Gasteiger partial charge in [-0.2, -0.15) is 0 Å². The lowest BCUT2D eigenvalue weighted by atomic mass is 10.1. The summed E-state index contributed by atoms with van der Waals surface area (Å²) in [6.07, 6.45) is 7.50. The van der Waals surface area contributed by atoms with Crippen LogP contribution in [0.3, 0.4) is 0 Å². The van der Waals surface area contributed by atoms with E-state index in [0.29, 0.717) is 0 Å². The van der Waals surface area contributed by atoms with E-state index >= 15 is 0 Å². The fourth-order valence-electron chi connectivity index (χ4n) is 1.03. The largest absolute Gasteiger partial charge is 0.339 e. The zero-order chi connectivity index (χ0) is 9.94. The molecular formula is C8H19O3PS. The van der Waals surface area contributed by atoms with E-state index in [-0.39, 0.29) is 0 Å². The van der Waals surface area contributed by atoms with E-state index in [0.717, 1.165) is 24.2 Å². The monoisotopic (exact) mass is 226 g/mol. The smallest absolute Gasteiger partial charge is 0.328 e. The van der Waals surface area contributed by atoms with Crippen LogP contribution in [0.4, 0.5) is 0 Å². The quantitative estimate of drug-likeness (QED) is 0.360. The van der Waals surface area contributed by atoms with Crippen LogP contribution in [-0.2, 0) is 3.97 Å². The Labute approximate surface area is 86.1 Å². The van der Waals surface area contributed by atoms with Crippen molar-refractivity contribution in [2.45, 2.75) is 45.4 Å². The maximum Gasteiger partial charge on any atom is 0.339 e. The van der Waals surface area contributed by atoms with Crippen molar-refractivity contribution in [3.63, 3.8) is 0 Å². The van der Waals surface area contributed by atoms with Crippen LogP contribution in [0.5, 0.6) is 0 Å². The molecule has 3 nitrogen and oxygen atoms in total. The second-order valence-corrected chi connectivity index (χ2v) is 4.66. The lowest BCUT2D eigenvalue weighted by molar-refractivity contribution is 0.397. The van der Waals surface area contributed by atoms with Gasteiger partial charge < -0.3 is 9.79 Å². The van der Waals surface area contributed by atoms with E-state index in [1.807, 2.05) is 0 Å². The van der Waals surface area contributed by atoms with Crippen molar-refractivity contribution in [2.24, 2.45) is 0 Å². The van der Waals surface area contributed by atoms with Gasteiger partial charge in [0.1, 0.15) is 0 Å². The van der Waals surface area contributed by atoms with Crippen LogP contribution in [0.2, 0.25) is 0 Å². The molecule has 13 heavy (non-hydrogen) atoms. The minimum Gasteiger partial charge on any atom is -0.328 e. The van der Waals surface area contributed by atoms with E-state index in [4.69, 9.17) is 9.79 Å². The van der Waals surface area contributed by atoms with Crippen molar-refractivity contribution >= 4 is 20.6 Å². The summed E-state index contributed by atoms with van der Waals surface area (Å²) < 4.78 is 4.56. The molecular weight excluding hydrogens is 207 g/mol. The Hall–Kier alpha value is 0.660. The first kappa shape index (κ1) is 13.7. The van der Waals surface area contributed by atoms with E-state index in [1.54, 1.807) is 0 Å². The van der Waals surface area contributed by atoms with Gasteiger partial charge in [-0.05, 0) is 6.42 Å². The standard InChI is InChI=1S/C8H19O3PS/c1-2-3-4-5-6-7-8-13-11-12(9)10/h9-10H,2-8H2,1H3. The van der Waals surface area contributed by atoms with Gasteiger partial charge in [0.2, 0.25) is 0 Å². The van der Waals surface area contributed by atoms with Gasteiger partial charge in [0.25, 0.3) is 0 Å². The molecule has 0 saturated carbocycles. The van der Waals surface area contributed by atoms with Crippen LogP contribution >= 0.6 is 20.6 Å². The van der Waals surface area contributed by atoms with E-state index in [2.05, 4.69) is 10.9 Å². The fraction of sp³-hybridized carbons (Fsp3) is 1.00. The lowest BCUT2D eigenvalue weighted by Gasteiger charge is -2.02. The Morgan fingerprint density at radius 2 is 1.69 bits per heavy atom. The molecule has 0 unspecified atom stereocenters. The summed E-state index contributed by atoms with van der Waals surface area (Å²) in [6.45, 7) is 2.20. The average Bonchev–Trinajstić information content (AvgIpc) is 2.09. The molecule has 0 radical (unpaired) electrons. The van der Waals surface area contributed by atoms with Crippen molar-refractivity contribution in [1.29, 1.82) is 0 Å². The fourth-order valence-corrected chi connectivity index (χ4v) is 2.02. The van der Waals surface area contributed by atoms with Crippen LogP contribution in [-0.4, -0.2) is 15.5 Å². The summed E-state index contributed by atoms with van der Waals surface area (Å²) in [4.78, 5) is 16.8. The zero-order valence-electron chi connectivity index (χ0n) is 8.11. The van der Waals surface area contributed by atoms with Gasteiger partial charge in [-0.3, -0.25) is 0 Å². The Morgan fingerprint density at radius 3 is 2.31 bits per heavy atom. The number of rotatable bonds is 9. The third-order valence-electron chi connectivity index (χ3n) is 1.70. The molecule has 0 aromatic rings. The second-order valence-electron chi connectivity index (χ2n) is 2.92. The predicted octanol–water partition coefficient (Wildman–Crippen LogP) is 3.22. The minimum absolute atomic E-state index is 0.853. The van der Waals surface area contributed by atoms with Gasteiger partial charge in [0.15, 0.2) is 0 Å². The summed E-state index contributed by atoms with van der Waals surface area (Å²) >= 11 is 1.15. The molecule has 0 aliphatic rings. The maximum atomic E-state index is 8.40. The Morgan fingerprint density at radius 1 is 1.08 bits per heavy atom. The van der Waals surface area contributed by atoms with Crippen molar-refractivity contribution in [3.05, 3.63) is 0 Å². The first-order valence-corrected chi connectivity index (χ1v) is 6.82. The third kappa shape index (κ3) is 12.7. The highest BCUT2D eigenvalue weighted by molar-refractivity contribution is 7.97. The molecule has 0 aliphatic carbocycles. The summed E-state index contributed by atoms with van der Waals surface area (Å²) in [6, 6.07) is 0.